The average Bonchev–Trinajstić information content (AvgIpc) is 3.00. The van der Waals surface area contributed by atoms with E-state index in [1.165, 1.54) is 10.4 Å². The van der Waals surface area contributed by atoms with Gasteiger partial charge in [0.05, 0.1) is 0 Å². The van der Waals surface area contributed by atoms with Crippen LogP contribution in [0, 0.1) is 0 Å². The van der Waals surface area contributed by atoms with Crippen LogP contribution >= 0.6 is 11.3 Å². The van der Waals surface area contributed by atoms with Crippen molar-refractivity contribution < 1.29 is 9.59 Å². The Morgan fingerprint density at radius 3 is 2.57 bits per heavy atom. The Morgan fingerprint density at radius 1 is 1.10 bits per heavy atom. The lowest BCUT2D eigenvalue weighted by Crippen LogP contribution is -2.46. The molecule has 1 aromatic heterocycles. The molecule has 0 atom stereocenters. The number of thiophene rings is 1. The monoisotopic (exact) mass is 307 g/mol. The van der Waals surface area contributed by atoms with Gasteiger partial charge < -0.3 is 15.1 Å². The summed E-state index contributed by atoms with van der Waals surface area (Å²) in [7, 11) is 0. The van der Waals surface area contributed by atoms with Gasteiger partial charge in [-0.15, -0.1) is 11.3 Å². The molecular weight excluding hydrogens is 286 g/mol. The van der Waals surface area contributed by atoms with Crippen LogP contribution in [0.3, 0.4) is 0 Å². The highest BCUT2D eigenvalue weighted by atomic mass is 32.1. The number of hydrogen-bond donors (Lipinski definition) is 1. The van der Waals surface area contributed by atoms with Crippen LogP contribution in [-0.2, 0) is 22.6 Å². The molecule has 0 spiro atoms. The molecule has 3 rings (SSSR count). The molecular formula is C15H21N3O2S. The van der Waals surface area contributed by atoms with Crippen molar-refractivity contribution in [1.29, 1.82) is 0 Å². The average molecular weight is 307 g/mol. The lowest BCUT2D eigenvalue weighted by molar-refractivity contribution is -0.137. The lowest BCUT2D eigenvalue weighted by Gasteiger charge is -2.29. The van der Waals surface area contributed by atoms with Crippen molar-refractivity contribution in [2.75, 3.05) is 32.7 Å². The van der Waals surface area contributed by atoms with Gasteiger partial charge in [-0.25, -0.2) is 0 Å². The number of carbonyl (C=O) groups excluding carboxylic acids is 2. The first-order chi connectivity index (χ1) is 10.2. The van der Waals surface area contributed by atoms with Crippen LogP contribution in [0.15, 0.2) is 11.4 Å². The van der Waals surface area contributed by atoms with Gasteiger partial charge in [-0.05, 0) is 23.4 Å². The lowest BCUT2D eigenvalue weighted by atomic mass is 10.1. The third-order valence-electron chi connectivity index (χ3n) is 4.18. The fraction of sp³-hybridized carbons (Fsp3) is 0.600. The predicted molar refractivity (Wildman–Crippen MR) is 82.1 cm³/mol. The van der Waals surface area contributed by atoms with Gasteiger partial charge in [-0.1, -0.05) is 0 Å². The molecule has 114 valence electrons. The van der Waals surface area contributed by atoms with Crippen molar-refractivity contribution in [2.24, 2.45) is 0 Å². The summed E-state index contributed by atoms with van der Waals surface area (Å²) < 4.78 is 0. The van der Waals surface area contributed by atoms with Crippen LogP contribution < -0.4 is 5.32 Å². The van der Waals surface area contributed by atoms with Crippen molar-refractivity contribution >= 4 is 23.2 Å². The van der Waals surface area contributed by atoms with E-state index in [0.29, 0.717) is 19.4 Å². The zero-order valence-electron chi connectivity index (χ0n) is 12.1. The zero-order valence-corrected chi connectivity index (χ0v) is 13.0. The summed E-state index contributed by atoms with van der Waals surface area (Å²) in [6.45, 7) is 4.72. The minimum Gasteiger partial charge on any atom is -0.340 e. The van der Waals surface area contributed by atoms with E-state index in [4.69, 9.17) is 0 Å². The van der Waals surface area contributed by atoms with Gasteiger partial charge in [0.25, 0.3) is 0 Å². The molecule has 0 unspecified atom stereocenters. The van der Waals surface area contributed by atoms with E-state index >= 15 is 0 Å². The number of hydrogen-bond acceptors (Lipinski definition) is 4. The Bertz CT molecular complexity index is 523. The smallest absolute Gasteiger partial charge is 0.223 e. The Morgan fingerprint density at radius 2 is 1.81 bits per heavy atom. The van der Waals surface area contributed by atoms with E-state index in [2.05, 4.69) is 16.8 Å². The molecule has 1 saturated heterocycles. The normalized spacial score (nSPS) is 18.5. The Hall–Kier alpha value is -1.40. The SMILES string of the molecule is O=C(CCC(=O)N1CCc2sccc2C1)N1CCNCC1. The highest BCUT2D eigenvalue weighted by molar-refractivity contribution is 7.10. The highest BCUT2D eigenvalue weighted by Gasteiger charge is 2.23. The van der Waals surface area contributed by atoms with Crippen molar-refractivity contribution in [2.45, 2.75) is 25.8 Å². The van der Waals surface area contributed by atoms with E-state index in [-0.39, 0.29) is 11.8 Å². The maximum atomic E-state index is 12.3. The number of nitrogens with zero attached hydrogens (tertiary/aromatic N) is 2. The third kappa shape index (κ3) is 3.44. The number of amides is 2. The van der Waals surface area contributed by atoms with Gasteiger partial charge in [0, 0.05) is 57.0 Å². The molecule has 6 heteroatoms. The molecule has 21 heavy (non-hydrogen) atoms. The second-order valence-electron chi connectivity index (χ2n) is 5.57. The maximum Gasteiger partial charge on any atom is 0.223 e. The molecule has 0 radical (unpaired) electrons. The van der Waals surface area contributed by atoms with Gasteiger partial charge in [-0.2, -0.15) is 0 Å². The van der Waals surface area contributed by atoms with E-state index in [1.807, 2.05) is 9.80 Å². The van der Waals surface area contributed by atoms with Crippen LogP contribution in [0.5, 0.6) is 0 Å². The van der Waals surface area contributed by atoms with Crippen LogP contribution in [0.2, 0.25) is 0 Å². The summed E-state index contributed by atoms with van der Waals surface area (Å²) >= 11 is 1.77. The van der Waals surface area contributed by atoms with E-state index in [9.17, 15) is 9.59 Å². The summed E-state index contributed by atoms with van der Waals surface area (Å²) in [6.07, 6.45) is 1.62. The van der Waals surface area contributed by atoms with Crippen LogP contribution in [0.4, 0.5) is 0 Å². The molecule has 3 heterocycles. The number of fused-ring (bicyclic) bond motifs is 1. The molecule has 0 bridgehead atoms. The zero-order chi connectivity index (χ0) is 14.7. The van der Waals surface area contributed by atoms with Gasteiger partial charge in [0.1, 0.15) is 0 Å². The predicted octanol–water partition coefficient (Wildman–Crippen LogP) is 0.845. The summed E-state index contributed by atoms with van der Waals surface area (Å²) in [4.78, 5) is 29.5. The van der Waals surface area contributed by atoms with Crippen LogP contribution in [0.1, 0.15) is 23.3 Å². The van der Waals surface area contributed by atoms with E-state index < -0.39 is 0 Å². The van der Waals surface area contributed by atoms with Crippen molar-refractivity contribution in [3.05, 3.63) is 21.9 Å². The second-order valence-corrected chi connectivity index (χ2v) is 6.57. The van der Waals surface area contributed by atoms with Gasteiger partial charge >= 0.3 is 0 Å². The van der Waals surface area contributed by atoms with Crippen LogP contribution in [-0.4, -0.2) is 54.3 Å². The quantitative estimate of drug-likeness (QED) is 0.900. The molecule has 1 aromatic rings. The molecule has 2 aliphatic rings. The first-order valence-electron chi connectivity index (χ1n) is 7.55. The van der Waals surface area contributed by atoms with Crippen molar-refractivity contribution in [1.82, 2.24) is 15.1 Å². The van der Waals surface area contributed by atoms with Gasteiger partial charge in [0.2, 0.25) is 11.8 Å². The Kier molecular flexibility index (Phi) is 4.55. The minimum absolute atomic E-state index is 0.107. The van der Waals surface area contributed by atoms with Crippen molar-refractivity contribution in [3.8, 4) is 0 Å². The number of nitrogens with one attached hydrogen (secondary N) is 1. The number of carbonyl (C=O) groups is 2. The maximum absolute atomic E-state index is 12.3. The second kappa shape index (κ2) is 6.58. The van der Waals surface area contributed by atoms with Gasteiger partial charge in [0.15, 0.2) is 0 Å². The Labute approximate surface area is 128 Å². The topological polar surface area (TPSA) is 52.7 Å². The molecule has 2 amide bonds. The van der Waals surface area contributed by atoms with Crippen molar-refractivity contribution in [3.63, 3.8) is 0 Å². The minimum atomic E-state index is 0.107. The fourth-order valence-corrected chi connectivity index (χ4v) is 3.80. The molecule has 2 aliphatic heterocycles. The number of rotatable bonds is 3. The third-order valence-corrected chi connectivity index (χ3v) is 5.21. The molecule has 0 aliphatic carbocycles. The molecule has 1 fully saturated rings. The summed E-state index contributed by atoms with van der Waals surface area (Å²) in [5, 5.41) is 5.31. The first kappa shape index (κ1) is 14.5. The van der Waals surface area contributed by atoms with E-state index in [0.717, 1.165) is 39.1 Å². The molecule has 1 N–H and O–H groups in total. The summed E-state index contributed by atoms with van der Waals surface area (Å²) in [6, 6.07) is 2.10. The van der Waals surface area contributed by atoms with Gasteiger partial charge in [-0.3, -0.25) is 9.59 Å². The molecule has 5 nitrogen and oxygen atoms in total. The first-order valence-corrected chi connectivity index (χ1v) is 8.43. The van der Waals surface area contributed by atoms with E-state index in [1.54, 1.807) is 11.3 Å². The molecule has 0 aromatic carbocycles. The van der Waals surface area contributed by atoms with Crippen LogP contribution in [0.25, 0.3) is 0 Å². The number of piperazine rings is 1. The largest absolute Gasteiger partial charge is 0.340 e. The molecule has 0 saturated carbocycles. The highest BCUT2D eigenvalue weighted by Crippen LogP contribution is 2.24. The fourth-order valence-electron chi connectivity index (χ4n) is 2.91. The Balaban J connectivity index is 1.47. The summed E-state index contributed by atoms with van der Waals surface area (Å²) in [5.41, 5.74) is 1.27. The summed E-state index contributed by atoms with van der Waals surface area (Å²) in [5.74, 6) is 0.216. The standard InChI is InChI=1S/C15H21N3O2S/c19-14(17-8-5-16-6-9-17)1-2-15(20)18-7-3-13-12(11-18)4-10-21-13/h4,10,16H,1-3,5-9,11H2.